The summed E-state index contributed by atoms with van der Waals surface area (Å²) in [6.07, 6.45) is 2.46. The molecule has 5 nitrogen and oxygen atoms in total. The van der Waals surface area contributed by atoms with Crippen molar-refractivity contribution in [3.8, 4) is 0 Å². The third kappa shape index (κ3) is 3.49. The molecule has 1 atom stereocenters. The van der Waals surface area contributed by atoms with Crippen molar-refractivity contribution in [2.75, 3.05) is 31.6 Å². The zero-order chi connectivity index (χ0) is 14.7. The third-order valence-electron chi connectivity index (χ3n) is 3.80. The smallest absolute Gasteiger partial charge is 0.273 e. The molecule has 1 aliphatic rings. The third-order valence-corrected chi connectivity index (χ3v) is 4.44. The molecule has 110 valence electrons. The molecule has 1 aromatic rings. The van der Waals surface area contributed by atoms with Gasteiger partial charge < -0.3 is 10.2 Å². The number of nitro benzene ring substituents is 1. The molecule has 1 aromatic carbocycles. The lowest BCUT2D eigenvalue weighted by Crippen LogP contribution is -2.37. The maximum absolute atomic E-state index is 10.9. The molecule has 0 aliphatic carbocycles. The molecule has 20 heavy (non-hydrogen) atoms. The maximum Gasteiger partial charge on any atom is 0.273 e. The summed E-state index contributed by atoms with van der Waals surface area (Å²) in [6, 6.07) is 3.48. The first kappa shape index (κ1) is 15.3. The minimum Gasteiger partial charge on any atom is -0.373 e. The molecule has 0 saturated carbocycles. The Morgan fingerprint density at radius 2 is 2.30 bits per heavy atom. The molecule has 0 aromatic heterocycles. The van der Waals surface area contributed by atoms with E-state index >= 15 is 0 Å². The summed E-state index contributed by atoms with van der Waals surface area (Å²) in [5, 5.41) is 14.3. The summed E-state index contributed by atoms with van der Waals surface area (Å²) in [5.41, 5.74) is 1.87. The lowest BCUT2D eigenvalue weighted by atomic mass is 9.99. The largest absolute Gasteiger partial charge is 0.373 e. The summed E-state index contributed by atoms with van der Waals surface area (Å²) < 4.78 is 0.779. The number of nitrogens with zero attached hydrogens (tertiary/aromatic N) is 2. The molecular weight excluding hydrogens is 322 g/mol. The van der Waals surface area contributed by atoms with Crippen LogP contribution in [-0.4, -0.2) is 31.6 Å². The second kappa shape index (κ2) is 6.54. The van der Waals surface area contributed by atoms with E-state index in [1.54, 1.807) is 13.0 Å². The van der Waals surface area contributed by atoms with Gasteiger partial charge in [-0.1, -0.05) is 0 Å². The van der Waals surface area contributed by atoms with Crippen molar-refractivity contribution in [3.63, 3.8) is 0 Å². The van der Waals surface area contributed by atoms with Crippen molar-refractivity contribution in [1.82, 2.24) is 5.32 Å². The number of aryl methyl sites for hydroxylation is 1. The van der Waals surface area contributed by atoms with Gasteiger partial charge in [0.15, 0.2) is 0 Å². The Labute approximate surface area is 127 Å². The van der Waals surface area contributed by atoms with Crippen LogP contribution in [0.3, 0.4) is 0 Å². The quantitative estimate of drug-likeness (QED) is 0.675. The number of rotatable bonds is 4. The van der Waals surface area contributed by atoms with Crippen LogP contribution < -0.4 is 10.2 Å². The predicted octanol–water partition coefficient (Wildman–Crippen LogP) is 3.10. The molecule has 1 saturated heterocycles. The second-order valence-corrected chi connectivity index (χ2v) is 6.29. The Hall–Kier alpha value is -1.14. The first-order valence-electron chi connectivity index (χ1n) is 6.85. The van der Waals surface area contributed by atoms with Crippen molar-refractivity contribution in [3.05, 3.63) is 32.3 Å². The summed E-state index contributed by atoms with van der Waals surface area (Å²) >= 11 is 3.45. The highest BCUT2D eigenvalue weighted by Crippen LogP contribution is 2.33. The van der Waals surface area contributed by atoms with E-state index in [9.17, 15) is 10.1 Å². The Balaban J connectivity index is 2.14. The van der Waals surface area contributed by atoms with Crippen LogP contribution in [0.2, 0.25) is 0 Å². The summed E-state index contributed by atoms with van der Waals surface area (Å²) in [6.45, 7) is 4.90. The predicted molar refractivity (Wildman–Crippen MR) is 84.4 cm³/mol. The van der Waals surface area contributed by atoms with Crippen molar-refractivity contribution in [2.24, 2.45) is 5.92 Å². The Morgan fingerprint density at radius 3 is 2.90 bits per heavy atom. The van der Waals surface area contributed by atoms with Gasteiger partial charge in [-0.25, -0.2) is 0 Å². The molecule has 6 heteroatoms. The van der Waals surface area contributed by atoms with E-state index in [0.29, 0.717) is 11.5 Å². The Kier molecular flexibility index (Phi) is 4.99. The van der Waals surface area contributed by atoms with Gasteiger partial charge in [-0.05, 0) is 60.8 Å². The first-order chi connectivity index (χ1) is 9.49. The lowest BCUT2D eigenvalue weighted by molar-refractivity contribution is -0.385. The van der Waals surface area contributed by atoms with Crippen molar-refractivity contribution >= 4 is 27.3 Å². The van der Waals surface area contributed by atoms with Crippen LogP contribution in [0.4, 0.5) is 11.4 Å². The molecule has 1 unspecified atom stereocenters. The van der Waals surface area contributed by atoms with Crippen LogP contribution >= 0.6 is 15.9 Å². The molecule has 1 N–H and O–H groups in total. The Morgan fingerprint density at radius 1 is 1.55 bits per heavy atom. The second-order valence-electron chi connectivity index (χ2n) is 5.44. The topological polar surface area (TPSA) is 58.4 Å². The summed E-state index contributed by atoms with van der Waals surface area (Å²) in [7, 11) is 2.04. The molecule has 0 amide bonds. The van der Waals surface area contributed by atoms with E-state index in [1.807, 2.05) is 13.1 Å². The van der Waals surface area contributed by atoms with Crippen molar-refractivity contribution < 1.29 is 4.92 Å². The standard InChI is InChI=1S/C14H20BrN3O2/c1-10-6-14(12(15)7-13(10)18(19)20)17(2)9-11-4-3-5-16-8-11/h6-7,11,16H,3-5,8-9H2,1-2H3. The van der Waals surface area contributed by atoms with Crippen LogP contribution in [-0.2, 0) is 0 Å². The van der Waals surface area contributed by atoms with Gasteiger partial charge in [-0.2, -0.15) is 0 Å². The minimum absolute atomic E-state index is 0.161. The van der Waals surface area contributed by atoms with E-state index in [2.05, 4.69) is 26.1 Å². The SMILES string of the molecule is Cc1cc(N(C)CC2CCCNC2)c(Br)cc1[N+](=O)[O-]. The maximum atomic E-state index is 10.9. The number of anilines is 1. The molecular formula is C14H20BrN3O2. The highest BCUT2D eigenvalue weighted by atomic mass is 79.9. The van der Waals surface area contributed by atoms with Crippen LogP contribution in [0.1, 0.15) is 18.4 Å². The van der Waals surface area contributed by atoms with E-state index in [0.717, 1.165) is 29.8 Å². The average molecular weight is 342 g/mol. The van der Waals surface area contributed by atoms with E-state index in [-0.39, 0.29) is 10.6 Å². The first-order valence-corrected chi connectivity index (χ1v) is 7.64. The number of nitrogens with one attached hydrogen (secondary N) is 1. The zero-order valence-corrected chi connectivity index (χ0v) is 13.4. The van der Waals surface area contributed by atoms with E-state index in [1.165, 1.54) is 12.8 Å². The van der Waals surface area contributed by atoms with Gasteiger partial charge in [0, 0.05) is 29.7 Å². The monoisotopic (exact) mass is 341 g/mol. The van der Waals surface area contributed by atoms with Gasteiger partial charge in [0.1, 0.15) is 0 Å². The molecule has 0 radical (unpaired) electrons. The highest BCUT2D eigenvalue weighted by Gasteiger charge is 2.19. The summed E-state index contributed by atoms with van der Waals surface area (Å²) in [4.78, 5) is 12.8. The number of halogens is 1. The normalized spacial score (nSPS) is 18.9. The Bertz CT molecular complexity index is 501. The summed E-state index contributed by atoms with van der Waals surface area (Å²) in [5.74, 6) is 0.635. The van der Waals surface area contributed by atoms with Crippen molar-refractivity contribution in [1.29, 1.82) is 0 Å². The molecule has 1 aliphatic heterocycles. The zero-order valence-electron chi connectivity index (χ0n) is 11.9. The molecule has 1 fully saturated rings. The number of nitro groups is 1. The number of piperidine rings is 1. The van der Waals surface area contributed by atoms with E-state index in [4.69, 9.17) is 0 Å². The van der Waals surface area contributed by atoms with Crippen molar-refractivity contribution in [2.45, 2.75) is 19.8 Å². The van der Waals surface area contributed by atoms with Crippen LogP contribution in [0.15, 0.2) is 16.6 Å². The average Bonchev–Trinajstić information content (AvgIpc) is 2.41. The minimum atomic E-state index is -0.338. The van der Waals surface area contributed by atoms with Gasteiger partial charge in [0.25, 0.3) is 5.69 Å². The lowest BCUT2D eigenvalue weighted by Gasteiger charge is -2.29. The fourth-order valence-corrected chi connectivity index (χ4v) is 3.34. The van der Waals surface area contributed by atoms with Gasteiger partial charge in [0.2, 0.25) is 0 Å². The number of benzene rings is 1. The highest BCUT2D eigenvalue weighted by molar-refractivity contribution is 9.10. The molecule has 2 rings (SSSR count). The molecule has 0 bridgehead atoms. The van der Waals surface area contributed by atoms with Gasteiger partial charge in [-0.3, -0.25) is 10.1 Å². The van der Waals surface area contributed by atoms with Crippen LogP contribution in [0, 0.1) is 23.0 Å². The van der Waals surface area contributed by atoms with Crippen LogP contribution in [0.25, 0.3) is 0 Å². The van der Waals surface area contributed by atoms with Gasteiger partial charge in [0.05, 0.1) is 10.6 Å². The number of hydrogen-bond acceptors (Lipinski definition) is 4. The fourth-order valence-electron chi connectivity index (χ4n) is 2.71. The van der Waals surface area contributed by atoms with Gasteiger partial charge >= 0.3 is 0 Å². The van der Waals surface area contributed by atoms with Crippen LogP contribution in [0.5, 0.6) is 0 Å². The van der Waals surface area contributed by atoms with Gasteiger partial charge in [-0.15, -0.1) is 0 Å². The number of hydrogen-bond donors (Lipinski definition) is 1. The molecule has 1 heterocycles. The van der Waals surface area contributed by atoms with E-state index < -0.39 is 0 Å². The fraction of sp³-hybridized carbons (Fsp3) is 0.571. The molecule has 0 spiro atoms.